The highest BCUT2D eigenvalue weighted by molar-refractivity contribution is 5.87. The molecule has 1 amide bonds. The number of rotatable bonds is 2. The van der Waals surface area contributed by atoms with Crippen molar-refractivity contribution in [3.63, 3.8) is 0 Å². The second-order valence-corrected chi connectivity index (χ2v) is 3.19. The Morgan fingerprint density at radius 2 is 2.50 bits per heavy atom. The highest BCUT2D eigenvalue weighted by Crippen LogP contribution is 2.23. The molecule has 0 saturated carbocycles. The van der Waals surface area contributed by atoms with Crippen LogP contribution < -0.4 is 0 Å². The van der Waals surface area contributed by atoms with Crippen LogP contribution in [0.3, 0.4) is 0 Å². The van der Waals surface area contributed by atoms with Crippen LogP contribution in [0, 0.1) is 5.92 Å². The smallest absolute Gasteiger partial charge is 0.246 e. The summed E-state index contributed by atoms with van der Waals surface area (Å²) < 4.78 is 0. The van der Waals surface area contributed by atoms with E-state index in [-0.39, 0.29) is 5.91 Å². The number of carbonyl (C=O) groups is 1. The number of amides is 1. The standard InChI is InChI=1S/C10H15NO/c1-4-9-7-11(6-8(9)3)10(12)5-2/h5,9H,2-4,6-7H2,1H3. The van der Waals surface area contributed by atoms with Gasteiger partial charge in [0.25, 0.3) is 0 Å². The van der Waals surface area contributed by atoms with E-state index in [1.807, 2.05) is 0 Å². The van der Waals surface area contributed by atoms with Crippen LogP contribution in [0.15, 0.2) is 24.8 Å². The molecule has 66 valence electrons. The van der Waals surface area contributed by atoms with E-state index in [1.165, 1.54) is 11.6 Å². The Bertz CT molecular complexity index is 220. The molecule has 2 heteroatoms. The van der Waals surface area contributed by atoms with E-state index in [1.54, 1.807) is 4.90 Å². The Balaban J connectivity index is 2.59. The maximum atomic E-state index is 11.2. The van der Waals surface area contributed by atoms with Gasteiger partial charge in [-0.1, -0.05) is 25.7 Å². The highest BCUT2D eigenvalue weighted by atomic mass is 16.2. The second-order valence-electron chi connectivity index (χ2n) is 3.19. The summed E-state index contributed by atoms with van der Waals surface area (Å²) in [4.78, 5) is 13.0. The summed E-state index contributed by atoms with van der Waals surface area (Å²) in [6, 6.07) is 0. The van der Waals surface area contributed by atoms with Crippen LogP contribution >= 0.6 is 0 Å². The first-order valence-corrected chi connectivity index (χ1v) is 4.28. The van der Waals surface area contributed by atoms with Crippen molar-refractivity contribution in [2.75, 3.05) is 13.1 Å². The summed E-state index contributed by atoms with van der Waals surface area (Å²) in [5, 5.41) is 0. The average molecular weight is 165 g/mol. The third-order valence-electron chi connectivity index (χ3n) is 2.39. The van der Waals surface area contributed by atoms with Crippen molar-refractivity contribution in [3.8, 4) is 0 Å². The molecule has 0 N–H and O–H groups in total. The zero-order valence-electron chi connectivity index (χ0n) is 7.55. The Kier molecular flexibility index (Phi) is 2.69. The molecule has 1 aliphatic rings. The van der Waals surface area contributed by atoms with Gasteiger partial charge < -0.3 is 4.90 Å². The van der Waals surface area contributed by atoms with Crippen molar-refractivity contribution in [1.29, 1.82) is 0 Å². The zero-order valence-corrected chi connectivity index (χ0v) is 7.55. The fourth-order valence-corrected chi connectivity index (χ4v) is 1.55. The molecule has 1 atom stereocenters. The van der Waals surface area contributed by atoms with Gasteiger partial charge in [0.05, 0.1) is 0 Å². The van der Waals surface area contributed by atoms with Gasteiger partial charge in [-0.25, -0.2) is 0 Å². The molecule has 1 aliphatic heterocycles. The van der Waals surface area contributed by atoms with E-state index < -0.39 is 0 Å². The second kappa shape index (κ2) is 3.57. The lowest BCUT2D eigenvalue weighted by Gasteiger charge is -2.12. The molecular weight excluding hydrogens is 150 g/mol. The van der Waals surface area contributed by atoms with Crippen molar-refractivity contribution < 1.29 is 4.79 Å². The summed E-state index contributed by atoms with van der Waals surface area (Å²) in [6.45, 7) is 11.1. The lowest BCUT2D eigenvalue weighted by atomic mass is 10.0. The first-order chi connectivity index (χ1) is 5.69. The first-order valence-electron chi connectivity index (χ1n) is 4.28. The zero-order chi connectivity index (χ0) is 9.14. The normalized spacial score (nSPS) is 22.9. The van der Waals surface area contributed by atoms with Gasteiger partial charge in [-0.15, -0.1) is 0 Å². The number of likely N-dealkylation sites (tertiary alicyclic amines) is 1. The number of hydrogen-bond donors (Lipinski definition) is 0. The molecule has 1 heterocycles. The van der Waals surface area contributed by atoms with Gasteiger partial charge in [0.1, 0.15) is 0 Å². The van der Waals surface area contributed by atoms with Crippen LogP contribution in [-0.2, 0) is 4.79 Å². The fourth-order valence-electron chi connectivity index (χ4n) is 1.55. The van der Waals surface area contributed by atoms with E-state index in [0.29, 0.717) is 12.5 Å². The fraction of sp³-hybridized carbons (Fsp3) is 0.500. The topological polar surface area (TPSA) is 20.3 Å². The molecule has 0 spiro atoms. The molecule has 0 aliphatic carbocycles. The maximum Gasteiger partial charge on any atom is 0.246 e. The third kappa shape index (κ3) is 1.58. The van der Waals surface area contributed by atoms with Gasteiger partial charge in [0, 0.05) is 13.1 Å². The van der Waals surface area contributed by atoms with Crippen LogP contribution in [-0.4, -0.2) is 23.9 Å². The summed E-state index contributed by atoms with van der Waals surface area (Å²) in [6.07, 6.45) is 2.44. The monoisotopic (exact) mass is 165 g/mol. The molecule has 1 saturated heterocycles. The lowest BCUT2D eigenvalue weighted by molar-refractivity contribution is -0.125. The van der Waals surface area contributed by atoms with Gasteiger partial charge >= 0.3 is 0 Å². The van der Waals surface area contributed by atoms with Crippen LogP contribution in [0.1, 0.15) is 13.3 Å². The SMILES string of the molecule is C=CC(=O)N1CC(=C)C(CC)C1. The van der Waals surface area contributed by atoms with E-state index in [2.05, 4.69) is 20.1 Å². The molecule has 1 rings (SSSR count). The van der Waals surface area contributed by atoms with E-state index in [0.717, 1.165) is 13.0 Å². The Labute approximate surface area is 73.6 Å². The molecule has 1 unspecified atom stereocenters. The van der Waals surface area contributed by atoms with Gasteiger partial charge in [0.2, 0.25) is 5.91 Å². The Hall–Kier alpha value is -1.05. The van der Waals surface area contributed by atoms with Gasteiger partial charge in [-0.05, 0) is 18.4 Å². The van der Waals surface area contributed by atoms with Crippen LogP contribution in [0.4, 0.5) is 0 Å². The molecule has 0 bridgehead atoms. The predicted molar refractivity (Wildman–Crippen MR) is 49.7 cm³/mol. The van der Waals surface area contributed by atoms with Crippen LogP contribution in [0.2, 0.25) is 0 Å². The molecule has 1 fully saturated rings. The Morgan fingerprint density at radius 1 is 1.83 bits per heavy atom. The van der Waals surface area contributed by atoms with E-state index in [9.17, 15) is 4.79 Å². The quantitative estimate of drug-likeness (QED) is 0.449. The minimum atomic E-state index is 0.0205. The maximum absolute atomic E-state index is 11.2. The minimum Gasteiger partial charge on any atom is -0.335 e. The Morgan fingerprint density at radius 3 is 2.92 bits per heavy atom. The minimum absolute atomic E-state index is 0.0205. The van der Waals surface area contributed by atoms with Gasteiger partial charge in [-0.2, -0.15) is 0 Å². The number of carbonyl (C=O) groups excluding carboxylic acids is 1. The summed E-state index contributed by atoms with van der Waals surface area (Å²) in [5.74, 6) is 0.515. The first kappa shape index (κ1) is 9.04. The summed E-state index contributed by atoms with van der Waals surface area (Å²) in [7, 11) is 0. The molecule has 2 nitrogen and oxygen atoms in total. The van der Waals surface area contributed by atoms with Crippen molar-refractivity contribution >= 4 is 5.91 Å². The van der Waals surface area contributed by atoms with Crippen molar-refractivity contribution in [1.82, 2.24) is 4.90 Å². The molecule has 0 aromatic rings. The molecule has 12 heavy (non-hydrogen) atoms. The van der Waals surface area contributed by atoms with Crippen molar-refractivity contribution in [2.24, 2.45) is 5.92 Å². The largest absolute Gasteiger partial charge is 0.335 e. The predicted octanol–water partition coefficient (Wildman–Crippen LogP) is 1.60. The summed E-state index contributed by atoms with van der Waals surface area (Å²) >= 11 is 0. The van der Waals surface area contributed by atoms with E-state index >= 15 is 0 Å². The van der Waals surface area contributed by atoms with Crippen molar-refractivity contribution in [2.45, 2.75) is 13.3 Å². The highest BCUT2D eigenvalue weighted by Gasteiger charge is 2.26. The van der Waals surface area contributed by atoms with Crippen LogP contribution in [0.5, 0.6) is 0 Å². The van der Waals surface area contributed by atoms with Gasteiger partial charge in [0.15, 0.2) is 0 Å². The van der Waals surface area contributed by atoms with E-state index in [4.69, 9.17) is 0 Å². The van der Waals surface area contributed by atoms with Crippen LogP contribution in [0.25, 0.3) is 0 Å². The molecular formula is C10H15NO. The van der Waals surface area contributed by atoms with Gasteiger partial charge in [-0.3, -0.25) is 4.79 Å². The molecule has 0 aromatic heterocycles. The number of nitrogens with zero attached hydrogens (tertiary/aromatic N) is 1. The summed E-state index contributed by atoms with van der Waals surface area (Å²) in [5.41, 5.74) is 1.17. The number of hydrogen-bond acceptors (Lipinski definition) is 1. The lowest BCUT2D eigenvalue weighted by Crippen LogP contribution is -2.26. The van der Waals surface area contributed by atoms with Crippen molar-refractivity contribution in [3.05, 3.63) is 24.8 Å². The average Bonchev–Trinajstić information content (AvgIpc) is 2.45. The molecule has 0 aromatic carbocycles. The molecule has 0 radical (unpaired) electrons. The third-order valence-corrected chi connectivity index (χ3v) is 2.39.